The maximum atomic E-state index is 9.37. The van der Waals surface area contributed by atoms with Gasteiger partial charge in [-0.1, -0.05) is 13.8 Å². The maximum absolute atomic E-state index is 9.37. The van der Waals surface area contributed by atoms with Gasteiger partial charge in [-0.3, -0.25) is 14.4 Å². The molecule has 8 nitrogen and oxygen atoms in total. The number of carboxylic acids is 3. The van der Waals surface area contributed by atoms with Gasteiger partial charge in [0.25, 0.3) is 5.97 Å². The molecule has 0 aliphatic carbocycles. The molecule has 2 aliphatic rings. The average Bonchev–Trinajstić information content (AvgIpc) is 3.20. The molecule has 0 spiro atoms. The smallest absolute Gasteiger partial charge is 0.303 e. The van der Waals surface area contributed by atoms with Crippen LogP contribution in [0.1, 0.15) is 59.3 Å². The van der Waals surface area contributed by atoms with E-state index in [0.717, 1.165) is 19.0 Å². The van der Waals surface area contributed by atoms with Crippen LogP contribution in [0.25, 0.3) is 0 Å². The molecule has 0 amide bonds. The van der Waals surface area contributed by atoms with Crippen molar-refractivity contribution in [1.29, 1.82) is 0 Å². The van der Waals surface area contributed by atoms with E-state index in [1.807, 2.05) is 0 Å². The van der Waals surface area contributed by atoms with E-state index < -0.39 is 17.9 Å². The standard InChI is InChI=1S/C8H16N2.2C3H6O2.C2H4O2/c1-3-7(9-5-1)8-4-2-6-10-8;2*1-2-3(4)5;1-2(3)4/h7-10H,1-6H2;2*2H2,1H3,(H,4,5);1H3,(H,3,4). The fourth-order valence-electron chi connectivity index (χ4n) is 2.11. The van der Waals surface area contributed by atoms with E-state index in [2.05, 4.69) is 10.6 Å². The Morgan fingerprint density at radius 2 is 1.08 bits per heavy atom. The second kappa shape index (κ2) is 16.2. The lowest BCUT2D eigenvalue weighted by Crippen LogP contribution is -2.40. The molecule has 2 aliphatic heterocycles. The van der Waals surface area contributed by atoms with Crippen LogP contribution in [0.3, 0.4) is 0 Å². The lowest BCUT2D eigenvalue weighted by atomic mass is 10.1. The lowest BCUT2D eigenvalue weighted by molar-refractivity contribution is -0.137. The topological polar surface area (TPSA) is 136 Å². The van der Waals surface area contributed by atoms with Gasteiger partial charge in [-0.15, -0.1) is 0 Å². The highest BCUT2D eigenvalue weighted by molar-refractivity contribution is 5.66. The Hall–Kier alpha value is -1.67. The van der Waals surface area contributed by atoms with Gasteiger partial charge >= 0.3 is 11.9 Å². The number of rotatable bonds is 3. The summed E-state index contributed by atoms with van der Waals surface area (Å²) in [5.74, 6) is -2.32. The third-order valence-electron chi connectivity index (χ3n) is 3.29. The first-order valence-electron chi connectivity index (χ1n) is 8.34. The molecule has 0 aromatic heterocycles. The van der Waals surface area contributed by atoms with Gasteiger partial charge in [0.05, 0.1) is 0 Å². The summed E-state index contributed by atoms with van der Waals surface area (Å²) < 4.78 is 0. The number of carboxylic acid groups (broad SMARTS) is 3. The summed E-state index contributed by atoms with van der Waals surface area (Å²) in [5, 5.41) is 29.9. The first-order valence-corrected chi connectivity index (χ1v) is 8.34. The molecule has 0 radical (unpaired) electrons. The van der Waals surface area contributed by atoms with Crippen molar-refractivity contribution in [1.82, 2.24) is 10.6 Å². The van der Waals surface area contributed by atoms with Crippen LogP contribution < -0.4 is 10.6 Å². The van der Waals surface area contributed by atoms with Crippen molar-refractivity contribution in [2.75, 3.05) is 13.1 Å². The van der Waals surface area contributed by atoms with Crippen molar-refractivity contribution in [2.45, 2.75) is 71.4 Å². The molecule has 2 unspecified atom stereocenters. The summed E-state index contributed by atoms with van der Waals surface area (Å²) in [4.78, 5) is 27.7. The highest BCUT2D eigenvalue weighted by atomic mass is 16.4. The zero-order valence-corrected chi connectivity index (χ0v) is 14.9. The van der Waals surface area contributed by atoms with E-state index in [1.54, 1.807) is 13.8 Å². The van der Waals surface area contributed by atoms with Crippen LogP contribution in [0.15, 0.2) is 0 Å². The predicted octanol–water partition coefficient (Wildman–Crippen LogP) is 1.54. The largest absolute Gasteiger partial charge is 0.481 e. The number of carbonyl (C=O) groups is 3. The van der Waals surface area contributed by atoms with Crippen LogP contribution in [-0.4, -0.2) is 58.4 Å². The fourth-order valence-corrected chi connectivity index (χ4v) is 2.11. The van der Waals surface area contributed by atoms with Crippen LogP contribution in [-0.2, 0) is 14.4 Å². The van der Waals surface area contributed by atoms with Gasteiger partial charge in [0.2, 0.25) is 0 Å². The Bertz CT molecular complexity index is 318. The Morgan fingerprint density at radius 1 is 0.833 bits per heavy atom. The minimum absolute atomic E-state index is 0.222. The maximum Gasteiger partial charge on any atom is 0.303 e. The van der Waals surface area contributed by atoms with E-state index in [4.69, 9.17) is 20.1 Å². The molecule has 0 bridgehead atoms. The molecule has 2 atom stereocenters. The number of nitrogens with one attached hydrogen (secondary N) is 2. The average molecular weight is 348 g/mol. The van der Waals surface area contributed by atoms with Gasteiger partial charge in [-0.25, -0.2) is 0 Å². The Balaban J connectivity index is 0. The zero-order chi connectivity index (χ0) is 19.0. The Labute approximate surface area is 143 Å². The monoisotopic (exact) mass is 348 g/mol. The number of aliphatic carboxylic acids is 3. The molecule has 5 N–H and O–H groups in total. The molecule has 0 aromatic carbocycles. The summed E-state index contributed by atoms with van der Waals surface area (Å²) in [6.07, 6.45) is 5.97. The first-order chi connectivity index (χ1) is 11.2. The van der Waals surface area contributed by atoms with Gasteiger partial charge in [0.1, 0.15) is 0 Å². The quantitative estimate of drug-likeness (QED) is 0.518. The first kappa shape index (κ1) is 24.6. The SMILES string of the molecule is C1CNC(C2CCCN2)C1.CC(=O)O.CCC(=O)O.CCC(=O)O. The van der Waals surface area contributed by atoms with Gasteiger partial charge in [0, 0.05) is 31.8 Å². The number of hydrogen-bond acceptors (Lipinski definition) is 5. The van der Waals surface area contributed by atoms with Crippen molar-refractivity contribution in [3.63, 3.8) is 0 Å². The lowest BCUT2D eigenvalue weighted by Gasteiger charge is -2.17. The van der Waals surface area contributed by atoms with E-state index in [-0.39, 0.29) is 12.8 Å². The minimum Gasteiger partial charge on any atom is -0.481 e. The van der Waals surface area contributed by atoms with Crippen molar-refractivity contribution in [3.8, 4) is 0 Å². The highest BCUT2D eigenvalue weighted by Crippen LogP contribution is 2.16. The fraction of sp³-hybridized carbons (Fsp3) is 0.812. The van der Waals surface area contributed by atoms with Gasteiger partial charge in [-0.05, 0) is 38.8 Å². The molecule has 2 fully saturated rings. The second-order valence-corrected chi connectivity index (χ2v) is 5.42. The van der Waals surface area contributed by atoms with Crippen LogP contribution in [0, 0.1) is 0 Å². The van der Waals surface area contributed by atoms with Crippen molar-refractivity contribution in [2.24, 2.45) is 0 Å². The molecule has 2 heterocycles. The normalized spacial score (nSPS) is 21.1. The molecule has 24 heavy (non-hydrogen) atoms. The van der Waals surface area contributed by atoms with Crippen LogP contribution in [0.2, 0.25) is 0 Å². The molecule has 0 aromatic rings. The summed E-state index contributed by atoms with van der Waals surface area (Å²) >= 11 is 0. The molecule has 2 saturated heterocycles. The highest BCUT2D eigenvalue weighted by Gasteiger charge is 2.26. The summed E-state index contributed by atoms with van der Waals surface area (Å²) in [5.41, 5.74) is 0. The zero-order valence-electron chi connectivity index (χ0n) is 14.9. The Morgan fingerprint density at radius 3 is 1.21 bits per heavy atom. The van der Waals surface area contributed by atoms with Gasteiger partial charge < -0.3 is 26.0 Å². The van der Waals surface area contributed by atoms with Crippen molar-refractivity contribution < 1.29 is 29.7 Å². The van der Waals surface area contributed by atoms with Crippen molar-refractivity contribution in [3.05, 3.63) is 0 Å². The van der Waals surface area contributed by atoms with Gasteiger partial charge in [-0.2, -0.15) is 0 Å². The number of hydrogen-bond donors (Lipinski definition) is 5. The predicted molar refractivity (Wildman–Crippen MR) is 91.2 cm³/mol. The van der Waals surface area contributed by atoms with Crippen molar-refractivity contribution >= 4 is 17.9 Å². The third kappa shape index (κ3) is 18.4. The van der Waals surface area contributed by atoms with Gasteiger partial charge in [0.15, 0.2) is 0 Å². The van der Waals surface area contributed by atoms with Crippen LogP contribution in [0.4, 0.5) is 0 Å². The third-order valence-corrected chi connectivity index (χ3v) is 3.29. The molecule has 142 valence electrons. The van der Waals surface area contributed by atoms with E-state index >= 15 is 0 Å². The van der Waals surface area contributed by atoms with Crippen LogP contribution in [0.5, 0.6) is 0 Å². The molecule has 0 saturated carbocycles. The molecular weight excluding hydrogens is 316 g/mol. The second-order valence-electron chi connectivity index (χ2n) is 5.42. The summed E-state index contributed by atoms with van der Waals surface area (Å²) in [6.45, 7) is 6.76. The minimum atomic E-state index is -0.833. The summed E-state index contributed by atoms with van der Waals surface area (Å²) in [7, 11) is 0. The Kier molecular flexibility index (Phi) is 16.6. The van der Waals surface area contributed by atoms with E-state index in [1.165, 1.54) is 38.8 Å². The van der Waals surface area contributed by atoms with Crippen LogP contribution >= 0.6 is 0 Å². The molecular formula is C16H32N2O6. The summed E-state index contributed by atoms with van der Waals surface area (Å²) in [6, 6.07) is 1.59. The van der Waals surface area contributed by atoms with E-state index in [0.29, 0.717) is 0 Å². The van der Waals surface area contributed by atoms with E-state index in [9.17, 15) is 9.59 Å². The molecule has 8 heteroatoms. The molecule has 2 rings (SSSR count).